The average molecular weight is 207 g/mol. The molecule has 0 spiro atoms. The van der Waals surface area contributed by atoms with Crippen molar-refractivity contribution in [2.24, 2.45) is 28.3 Å². The first kappa shape index (κ1) is 10.4. The lowest BCUT2D eigenvalue weighted by molar-refractivity contribution is -0.141. The van der Waals surface area contributed by atoms with Crippen LogP contribution in [0.4, 0.5) is 0 Å². The molecule has 3 atom stereocenters. The molecule has 0 radical (unpaired) electrons. The molecule has 3 aliphatic rings. The number of carbonyl (C=O) groups is 1. The molecule has 3 heteroatoms. The van der Waals surface area contributed by atoms with Crippen molar-refractivity contribution in [3.05, 3.63) is 12.7 Å². The SMILES string of the molecule is C=CCC1C(=O)C2CC(C1=NO)C2(C)C. The van der Waals surface area contributed by atoms with Crippen molar-refractivity contribution in [2.45, 2.75) is 26.7 Å². The van der Waals surface area contributed by atoms with E-state index in [1.165, 1.54) is 0 Å². The van der Waals surface area contributed by atoms with Gasteiger partial charge < -0.3 is 5.21 Å². The molecular weight excluding hydrogens is 190 g/mol. The maximum absolute atomic E-state index is 12.1. The quantitative estimate of drug-likeness (QED) is 0.429. The van der Waals surface area contributed by atoms with Gasteiger partial charge in [-0.15, -0.1) is 6.58 Å². The van der Waals surface area contributed by atoms with E-state index < -0.39 is 0 Å². The van der Waals surface area contributed by atoms with Crippen molar-refractivity contribution in [1.29, 1.82) is 0 Å². The number of oxime groups is 1. The maximum Gasteiger partial charge on any atom is 0.145 e. The zero-order valence-corrected chi connectivity index (χ0v) is 9.23. The van der Waals surface area contributed by atoms with Crippen molar-refractivity contribution in [1.82, 2.24) is 0 Å². The Morgan fingerprint density at radius 3 is 2.73 bits per heavy atom. The van der Waals surface area contributed by atoms with Crippen molar-refractivity contribution in [3.8, 4) is 0 Å². The van der Waals surface area contributed by atoms with Crippen LogP contribution in [0.5, 0.6) is 0 Å². The van der Waals surface area contributed by atoms with Gasteiger partial charge in [-0.1, -0.05) is 25.1 Å². The van der Waals surface area contributed by atoms with Crippen molar-refractivity contribution in [3.63, 3.8) is 0 Å². The Hall–Kier alpha value is -1.12. The first-order chi connectivity index (χ1) is 7.04. The van der Waals surface area contributed by atoms with Crippen LogP contribution < -0.4 is 0 Å². The van der Waals surface area contributed by atoms with Gasteiger partial charge in [0.25, 0.3) is 0 Å². The fourth-order valence-electron chi connectivity index (χ4n) is 3.08. The van der Waals surface area contributed by atoms with Crippen LogP contribution in [0.25, 0.3) is 0 Å². The highest BCUT2D eigenvalue weighted by Crippen LogP contribution is 2.58. The number of rotatable bonds is 2. The average Bonchev–Trinajstić information content (AvgIpc) is 2.19. The summed E-state index contributed by atoms with van der Waals surface area (Å²) < 4.78 is 0. The van der Waals surface area contributed by atoms with Crippen molar-refractivity contribution < 1.29 is 10.0 Å². The van der Waals surface area contributed by atoms with E-state index in [0.717, 1.165) is 6.42 Å². The summed E-state index contributed by atoms with van der Waals surface area (Å²) in [6, 6.07) is 0. The van der Waals surface area contributed by atoms with Crippen LogP contribution in [0.15, 0.2) is 17.8 Å². The molecule has 0 aromatic rings. The Bertz CT molecular complexity index is 344. The molecular formula is C12H17NO2. The lowest BCUT2D eigenvalue weighted by Gasteiger charge is -2.57. The summed E-state index contributed by atoms with van der Waals surface area (Å²) in [6.07, 6.45) is 3.19. The molecule has 15 heavy (non-hydrogen) atoms. The normalized spacial score (nSPS) is 40.0. The second kappa shape index (κ2) is 3.19. The Balaban J connectivity index is 2.33. The molecule has 2 bridgehead atoms. The number of allylic oxidation sites excluding steroid dienone is 1. The van der Waals surface area contributed by atoms with Gasteiger partial charge in [-0.2, -0.15) is 0 Å². The van der Waals surface area contributed by atoms with E-state index in [9.17, 15) is 4.79 Å². The molecule has 0 aliphatic heterocycles. The number of carbonyl (C=O) groups excluding carboxylic acids is 1. The molecule has 0 amide bonds. The summed E-state index contributed by atoms with van der Waals surface area (Å²) in [6.45, 7) is 7.81. The Labute approximate surface area is 89.9 Å². The zero-order chi connectivity index (χ0) is 11.2. The van der Waals surface area contributed by atoms with Crippen LogP contribution in [-0.2, 0) is 4.79 Å². The zero-order valence-electron chi connectivity index (χ0n) is 9.23. The van der Waals surface area contributed by atoms with Gasteiger partial charge in [0.05, 0.1) is 11.6 Å². The predicted molar refractivity (Wildman–Crippen MR) is 57.9 cm³/mol. The third kappa shape index (κ3) is 1.18. The number of hydrogen-bond donors (Lipinski definition) is 1. The summed E-state index contributed by atoms with van der Waals surface area (Å²) in [4.78, 5) is 12.1. The Morgan fingerprint density at radius 1 is 1.60 bits per heavy atom. The van der Waals surface area contributed by atoms with Gasteiger partial charge in [0.2, 0.25) is 0 Å². The first-order valence-corrected chi connectivity index (χ1v) is 5.40. The number of ketones is 1. The van der Waals surface area contributed by atoms with Crippen LogP contribution in [0.3, 0.4) is 0 Å². The van der Waals surface area contributed by atoms with Crippen LogP contribution in [0.2, 0.25) is 0 Å². The summed E-state index contributed by atoms with van der Waals surface area (Å²) in [5, 5.41) is 12.4. The summed E-state index contributed by atoms with van der Waals surface area (Å²) in [5.41, 5.74) is 0.656. The topological polar surface area (TPSA) is 49.7 Å². The minimum atomic E-state index is -0.218. The third-order valence-electron chi connectivity index (χ3n) is 4.19. The molecule has 3 fully saturated rings. The van der Waals surface area contributed by atoms with Crippen LogP contribution in [0.1, 0.15) is 26.7 Å². The number of fused-ring (bicyclic) bond motifs is 2. The second-order valence-corrected chi connectivity index (χ2v) is 5.17. The number of Topliss-reactive ketones (excluding diaryl/α,β-unsaturated/α-hetero) is 1. The van der Waals surface area contributed by atoms with Crippen LogP contribution in [-0.4, -0.2) is 16.7 Å². The molecule has 82 valence electrons. The lowest BCUT2D eigenvalue weighted by atomic mass is 9.45. The molecule has 0 heterocycles. The Kier molecular flexibility index (Phi) is 2.21. The van der Waals surface area contributed by atoms with Gasteiger partial charge in [-0.3, -0.25) is 4.79 Å². The smallest absolute Gasteiger partial charge is 0.145 e. The first-order valence-electron chi connectivity index (χ1n) is 5.40. The molecule has 3 aliphatic carbocycles. The predicted octanol–water partition coefficient (Wildman–Crippen LogP) is 2.25. The molecule has 3 rings (SSSR count). The second-order valence-electron chi connectivity index (χ2n) is 5.17. The minimum Gasteiger partial charge on any atom is -0.411 e. The molecule has 0 aromatic carbocycles. The Morgan fingerprint density at radius 2 is 2.27 bits per heavy atom. The fraction of sp³-hybridized carbons (Fsp3) is 0.667. The van der Waals surface area contributed by atoms with Crippen LogP contribution in [0, 0.1) is 23.2 Å². The van der Waals surface area contributed by atoms with Crippen molar-refractivity contribution in [2.75, 3.05) is 0 Å². The van der Waals surface area contributed by atoms with E-state index >= 15 is 0 Å². The van der Waals surface area contributed by atoms with Gasteiger partial charge in [0, 0.05) is 11.8 Å². The van der Waals surface area contributed by atoms with Gasteiger partial charge in [-0.25, -0.2) is 0 Å². The van der Waals surface area contributed by atoms with Gasteiger partial charge in [0.1, 0.15) is 5.78 Å². The monoisotopic (exact) mass is 207 g/mol. The minimum absolute atomic E-state index is 0.0175. The number of hydrogen-bond acceptors (Lipinski definition) is 3. The molecule has 3 nitrogen and oxygen atoms in total. The highest BCUT2D eigenvalue weighted by molar-refractivity contribution is 6.12. The van der Waals surface area contributed by atoms with Crippen LogP contribution >= 0.6 is 0 Å². The highest BCUT2D eigenvalue weighted by atomic mass is 16.4. The van der Waals surface area contributed by atoms with Crippen molar-refractivity contribution >= 4 is 11.5 Å². The fourth-order valence-corrected chi connectivity index (χ4v) is 3.08. The highest BCUT2D eigenvalue weighted by Gasteiger charge is 2.60. The van der Waals surface area contributed by atoms with E-state index in [4.69, 9.17) is 5.21 Å². The van der Waals surface area contributed by atoms with E-state index in [1.807, 2.05) is 0 Å². The lowest BCUT2D eigenvalue weighted by Crippen LogP contribution is -2.61. The molecule has 3 saturated carbocycles. The maximum atomic E-state index is 12.1. The summed E-state index contributed by atoms with van der Waals surface area (Å²) >= 11 is 0. The van der Waals surface area contributed by atoms with E-state index in [0.29, 0.717) is 12.1 Å². The van der Waals surface area contributed by atoms with Gasteiger partial charge >= 0.3 is 0 Å². The summed E-state index contributed by atoms with van der Waals surface area (Å²) in [5.74, 6) is 0.438. The van der Waals surface area contributed by atoms with Gasteiger partial charge in [0.15, 0.2) is 0 Å². The molecule has 0 aromatic heterocycles. The molecule has 0 saturated heterocycles. The largest absolute Gasteiger partial charge is 0.411 e. The summed E-state index contributed by atoms with van der Waals surface area (Å²) in [7, 11) is 0. The standard InChI is InChI=1S/C12H17NO2/c1-4-5-7-10(13-15)8-6-9(11(7)14)12(8,2)3/h4,7-9,15H,1,5-6H2,2-3H3. The number of nitrogens with zero attached hydrogens (tertiary/aromatic N) is 1. The third-order valence-corrected chi connectivity index (χ3v) is 4.19. The molecule has 1 N–H and O–H groups in total. The van der Waals surface area contributed by atoms with E-state index in [2.05, 4.69) is 25.6 Å². The van der Waals surface area contributed by atoms with E-state index in [-0.39, 0.29) is 29.0 Å². The van der Waals surface area contributed by atoms with E-state index in [1.54, 1.807) is 6.08 Å². The van der Waals surface area contributed by atoms with Gasteiger partial charge in [-0.05, 0) is 18.3 Å². The molecule has 3 unspecified atom stereocenters.